The van der Waals surface area contributed by atoms with Crippen LogP contribution in [0.5, 0.6) is 0 Å². The van der Waals surface area contributed by atoms with Crippen molar-refractivity contribution in [2.75, 3.05) is 19.6 Å². The van der Waals surface area contributed by atoms with E-state index in [4.69, 9.17) is 0 Å². The molecule has 0 spiro atoms. The summed E-state index contributed by atoms with van der Waals surface area (Å²) in [5.41, 5.74) is 2.42. The van der Waals surface area contributed by atoms with Crippen LogP contribution < -0.4 is 21.3 Å². The van der Waals surface area contributed by atoms with Gasteiger partial charge in [0.25, 0.3) is 0 Å². The van der Waals surface area contributed by atoms with Crippen molar-refractivity contribution in [3.8, 4) is 0 Å². The number of hydrogen-bond donors (Lipinski definition) is 4. The van der Waals surface area contributed by atoms with Gasteiger partial charge in [-0.2, -0.15) is 0 Å². The zero-order chi connectivity index (χ0) is 19.3. The smallest absolute Gasteiger partial charge is 0.314 e. The van der Waals surface area contributed by atoms with E-state index in [0.29, 0.717) is 13.1 Å². The highest BCUT2D eigenvalue weighted by molar-refractivity contribution is 5.73. The Morgan fingerprint density at radius 3 is 2.96 bits per heavy atom. The molecule has 0 saturated heterocycles. The summed E-state index contributed by atoms with van der Waals surface area (Å²) in [6.45, 7) is 6.34. The molecule has 4 N–H and O–H groups in total. The van der Waals surface area contributed by atoms with Crippen LogP contribution in [0.15, 0.2) is 47.9 Å². The summed E-state index contributed by atoms with van der Waals surface area (Å²) in [6, 6.07) is 6.07. The molecule has 2 amide bonds. The molecule has 2 aliphatic rings. The fraction of sp³-hybridized carbons (Fsp3) is 0.524. The second-order valence-electron chi connectivity index (χ2n) is 6.44. The summed E-state index contributed by atoms with van der Waals surface area (Å²) in [5, 5.41) is 12.7. The molecule has 1 aromatic heterocycles. The molecule has 0 aromatic carbocycles. The number of dihydropyridines is 1. The number of aromatic nitrogens is 1. The molecule has 27 heavy (non-hydrogen) atoms. The number of carbonyl (C=O) groups excluding carboxylic acids is 1. The van der Waals surface area contributed by atoms with E-state index in [-0.39, 0.29) is 16.4 Å². The Morgan fingerprint density at radius 2 is 2.15 bits per heavy atom. The summed E-state index contributed by atoms with van der Waals surface area (Å²) in [5.74, 6) is 1.16. The lowest BCUT2D eigenvalue weighted by molar-refractivity contribution is 0.240. The number of nitrogens with zero attached hydrogens (tertiary/aromatic N) is 1. The number of rotatable bonds is 7. The third kappa shape index (κ3) is 7.33. The van der Waals surface area contributed by atoms with Crippen molar-refractivity contribution in [1.82, 2.24) is 26.3 Å². The van der Waals surface area contributed by atoms with Crippen molar-refractivity contribution in [1.29, 1.82) is 0 Å². The lowest BCUT2D eigenvalue weighted by atomic mass is 10.0. The van der Waals surface area contributed by atoms with Crippen molar-refractivity contribution in [3.05, 3.63) is 53.6 Å². The van der Waals surface area contributed by atoms with Crippen LogP contribution in [0.1, 0.15) is 49.5 Å². The Balaban J connectivity index is 0. The van der Waals surface area contributed by atoms with Crippen LogP contribution >= 0.6 is 0 Å². The Labute approximate surface area is 167 Å². The first-order valence-electron chi connectivity index (χ1n) is 10.1. The molecule has 0 fully saturated rings. The van der Waals surface area contributed by atoms with Gasteiger partial charge in [-0.25, -0.2) is 4.79 Å². The van der Waals surface area contributed by atoms with Gasteiger partial charge in [-0.3, -0.25) is 4.98 Å². The highest BCUT2D eigenvalue weighted by Crippen LogP contribution is 2.19. The largest absolute Gasteiger partial charge is 0.372 e. The highest BCUT2D eigenvalue weighted by Gasteiger charge is 2.17. The van der Waals surface area contributed by atoms with Crippen LogP contribution in [0.2, 0.25) is 0 Å². The minimum absolute atomic E-state index is 0. The highest BCUT2D eigenvalue weighted by atomic mass is 16.2. The first-order chi connectivity index (χ1) is 13.3. The number of carbonyl (C=O) groups is 1. The molecular formula is C21H39N5O. The Bertz CT molecular complexity index is 641. The van der Waals surface area contributed by atoms with Gasteiger partial charge in [-0.1, -0.05) is 32.1 Å². The minimum Gasteiger partial charge on any atom is -0.372 e. The molecule has 154 valence electrons. The normalized spacial score (nSPS) is 17.6. The molecule has 0 bridgehead atoms. The second kappa shape index (κ2) is 12.0. The zero-order valence-corrected chi connectivity index (χ0v) is 16.6. The average Bonchev–Trinajstić information content (AvgIpc) is 2.73. The lowest BCUT2D eigenvalue weighted by Gasteiger charge is -2.29. The van der Waals surface area contributed by atoms with E-state index in [0.717, 1.165) is 43.7 Å². The van der Waals surface area contributed by atoms with Crippen molar-refractivity contribution in [2.24, 2.45) is 0 Å². The van der Waals surface area contributed by atoms with E-state index in [1.165, 1.54) is 12.0 Å². The van der Waals surface area contributed by atoms with Gasteiger partial charge in [0.1, 0.15) is 5.82 Å². The summed E-state index contributed by atoms with van der Waals surface area (Å²) >= 11 is 0. The quantitative estimate of drug-likeness (QED) is 0.548. The number of aryl methyl sites for hydroxylation is 1. The first-order valence-corrected chi connectivity index (χ1v) is 10.1. The molecule has 1 atom stereocenters. The summed E-state index contributed by atoms with van der Waals surface area (Å²) in [4.78, 5) is 16.1. The molecular weight excluding hydrogens is 338 g/mol. The first kappa shape index (κ1) is 20.8. The van der Waals surface area contributed by atoms with Gasteiger partial charge in [0, 0.05) is 41.8 Å². The second-order valence-corrected chi connectivity index (χ2v) is 6.44. The van der Waals surface area contributed by atoms with Crippen LogP contribution in [0.4, 0.5) is 4.79 Å². The zero-order valence-electron chi connectivity index (χ0n) is 16.6. The molecule has 2 aliphatic heterocycles. The lowest BCUT2D eigenvalue weighted by Crippen LogP contribution is -2.42. The maximum atomic E-state index is 11.8. The Morgan fingerprint density at radius 1 is 1.30 bits per heavy atom. The van der Waals surface area contributed by atoms with E-state index in [9.17, 15) is 4.79 Å². The van der Waals surface area contributed by atoms with Crippen LogP contribution in [0.25, 0.3) is 0 Å². The van der Waals surface area contributed by atoms with Gasteiger partial charge in [0.15, 0.2) is 0 Å². The van der Waals surface area contributed by atoms with Gasteiger partial charge in [-0.15, -0.1) is 0 Å². The molecule has 0 aliphatic carbocycles. The summed E-state index contributed by atoms with van der Waals surface area (Å²) in [7, 11) is 0. The standard InChI is InChI=1S/C19H27N5O.C2H6.3H2/c25-19(22-13-4-7-16-6-1-2-11-20-16)23-14-10-17-9-8-15-5-3-12-21-18(15)24-17;1-2;;;/h1-2,6,8-9,11,17,21,24H,3-5,7,10,12-14H2,(H2,22,23,25);1-2H3;3*1H. The van der Waals surface area contributed by atoms with Gasteiger partial charge < -0.3 is 21.3 Å². The Kier molecular flexibility index (Phi) is 9.24. The van der Waals surface area contributed by atoms with E-state index < -0.39 is 0 Å². The van der Waals surface area contributed by atoms with Crippen LogP contribution in [0, 0.1) is 0 Å². The van der Waals surface area contributed by atoms with Crippen molar-refractivity contribution < 1.29 is 9.07 Å². The molecule has 6 nitrogen and oxygen atoms in total. The number of urea groups is 1. The summed E-state index contributed by atoms with van der Waals surface area (Å²) < 4.78 is 0. The number of amides is 2. The van der Waals surface area contributed by atoms with E-state index in [2.05, 4.69) is 38.4 Å². The third-order valence-electron chi connectivity index (χ3n) is 4.47. The minimum atomic E-state index is -0.100. The van der Waals surface area contributed by atoms with Crippen molar-refractivity contribution in [2.45, 2.75) is 52.0 Å². The fourth-order valence-electron chi connectivity index (χ4n) is 3.10. The van der Waals surface area contributed by atoms with Gasteiger partial charge in [-0.05, 0) is 49.8 Å². The van der Waals surface area contributed by atoms with Gasteiger partial charge in [0.05, 0.1) is 0 Å². The topological polar surface area (TPSA) is 78.1 Å². The maximum absolute atomic E-state index is 11.8. The molecule has 1 unspecified atom stereocenters. The molecule has 0 radical (unpaired) electrons. The number of nitrogens with one attached hydrogen (secondary N) is 4. The number of allylic oxidation sites excluding steroid dienone is 2. The van der Waals surface area contributed by atoms with Crippen LogP contribution in [0.3, 0.4) is 0 Å². The predicted octanol–water partition coefficient (Wildman–Crippen LogP) is 3.59. The molecule has 3 rings (SSSR count). The molecule has 1 aromatic rings. The average molecular weight is 378 g/mol. The van der Waals surface area contributed by atoms with Gasteiger partial charge in [0.2, 0.25) is 0 Å². The molecule has 3 heterocycles. The van der Waals surface area contributed by atoms with E-state index >= 15 is 0 Å². The fourth-order valence-corrected chi connectivity index (χ4v) is 3.10. The van der Waals surface area contributed by atoms with Crippen LogP contribution in [-0.2, 0) is 6.42 Å². The summed E-state index contributed by atoms with van der Waals surface area (Å²) in [6.07, 6.45) is 11.2. The third-order valence-corrected chi connectivity index (χ3v) is 4.47. The van der Waals surface area contributed by atoms with Crippen molar-refractivity contribution >= 4 is 6.03 Å². The predicted molar refractivity (Wildman–Crippen MR) is 117 cm³/mol. The molecule has 6 heteroatoms. The van der Waals surface area contributed by atoms with Crippen molar-refractivity contribution in [3.63, 3.8) is 0 Å². The van der Waals surface area contributed by atoms with E-state index in [1.807, 2.05) is 32.0 Å². The van der Waals surface area contributed by atoms with Crippen LogP contribution in [-0.4, -0.2) is 36.7 Å². The SMILES string of the molecule is CC.O=C(NCCCc1ccccn1)NCCC1C=CC2=C(NCCC2)N1.[HH].[HH].[HH]. The maximum Gasteiger partial charge on any atom is 0.314 e. The molecule has 0 saturated carbocycles. The number of hydrogen-bond acceptors (Lipinski definition) is 4. The number of pyridine rings is 1. The van der Waals surface area contributed by atoms with E-state index in [1.54, 1.807) is 6.20 Å². The van der Waals surface area contributed by atoms with Gasteiger partial charge >= 0.3 is 6.03 Å². The Hall–Kier alpha value is -2.50. The monoisotopic (exact) mass is 377 g/mol.